The van der Waals surface area contributed by atoms with Crippen LogP contribution in [0.3, 0.4) is 0 Å². The van der Waals surface area contributed by atoms with Crippen molar-refractivity contribution in [2.45, 2.75) is 26.8 Å². The van der Waals surface area contributed by atoms with E-state index in [-0.39, 0.29) is 0 Å². The normalized spacial score (nSPS) is 10.5. The molecule has 0 saturated heterocycles. The zero-order chi connectivity index (χ0) is 13.8. The first-order chi connectivity index (χ1) is 9.11. The molecule has 3 heteroatoms. The number of benzene rings is 2. The van der Waals surface area contributed by atoms with Crippen LogP contribution >= 0.6 is 23.2 Å². The molecule has 0 aliphatic carbocycles. The van der Waals surface area contributed by atoms with Crippen molar-refractivity contribution in [3.63, 3.8) is 0 Å². The van der Waals surface area contributed by atoms with Gasteiger partial charge < -0.3 is 5.32 Å². The second-order valence-electron chi connectivity index (χ2n) is 4.56. The van der Waals surface area contributed by atoms with Gasteiger partial charge in [-0.25, -0.2) is 0 Å². The molecule has 0 aliphatic rings. The first kappa shape index (κ1) is 14.2. The SMILES string of the molecule is CCc1ccccc1CNc1cc(Cl)c(C)cc1Cl. The molecule has 0 amide bonds. The fourth-order valence-corrected chi connectivity index (χ4v) is 2.50. The summed E-state index contributed by atoms with van der Waals surface area (Å²) in [6, 6.07) is 12.2. The molecule has 1 nitrogen and oxygen atoms in total. The van der Waals surface area contributed by atoms with Crippen LogP contribution in [-0.4, -0.2) is 0 Å². The molecule has 0 aliphatic heterocycles. The largest absolute Gasteiger partial charge is 0.380 e. The van der Waals surface area contributed by atoms with Gasteiger partial charge in [0.05, 0.1) is 10.7 Å². The zero-order valence-corrected chi connectivity index (χ0v) is 12.6. The summed E-state index contributed by atoms with van der Waals surface area (Å²) >= 11 is 12.3. The average Bonchev–Trinajstić information content (AvgIpc) is 2.41. The molecule has 0 heterocycles. The topological polar surface area (TPSA) is 12.0 Å². The predicted molar refractivity (Wildman–Crippen MR) is 84.3 cm³/mol. The van der Waals surface area contributed by atoms with Crippen molar-refractivity contribution in [2.24, 2.45) is 0 Å². The molecule has 0 bridgehead atoms. The van der Waals surface area contributed by atoms with Crippen LogP contribution in [0.15, 0.2) is 36.4 Å². The third-order valence-corrected chi connectivity index (χ3v) is 3.94. The molecule has 2 aromatic carbocycles. The molecule has 1 N–H and O–H groups in total. The number of aryl methyl sites for hydroxylation is 2. The Labute approximate surface area is 124 Å². The number of nitrogens with one attached hydrogen (secondary N) is 1. The van der Waals surface area contributed by atoms with Crippen LogP contribution in [0.4, 0.5) is 5.69 Å². The maximum Gasteiger partial charge on any atom is 0.0641 e. The first-order valence-electron chi connectivity index (χ1n) is 6.38. The Kier molecular flexibility index (Phi) is 4.73. The third-order valence-electron chi connectivity index (χ3n) is 3.22. The molecule has 2 rings (SSSR count). The smallest absolute Gasteiger partial charge is 0.0641 e. The van der Waals surface area contributed by atoms with Gasteiger partial charge in [-0.3, -0.25) is 0 Å². The molecule has 0 atom stereocenters. The predicted octanol–water partition coefficient (Wildman–Crippen LogP) is 5.48. The van der Waals surface area contributed by atoms with Gasteiger partial charge in [0.2, 0.25) is 0 Å². The first-order valence-corrected chi connectivity index (χ1v) is 7.13. The summed E-state index contributed by atoms with van der Waals surface area (Å²) in [5, 5.41) is 4.79. The molecule has 0 fully saturated rings. The van der Waals surface area contributed by atoms with Crippen LogP contribution in [0.1, 0.15) is 23.6 Å². The summed E-state index contributed by atoms with van der Waals surface area (Å²) in [5.74, 6) is 0. The quantitative estimate of drug-likeness (QED) is 0.787. The molecule has 19 heavy (non-hydrogen) atoms. The maximum atomic E-state index is 6.22. The van der Waals surface area contributed by atoms with Crippen molar-refractivity contribution in [1.29, 1.82) is 0 Å². The van der Waals surface area contributed by atoms with Crippen molar-refractivity contribution >= 4 is 28.9 Å². The van der Waals surface area contributed by atoms with Crippen molar-refractivity contribution in [2.75, 3.05) is 5.32 Å². The fraction of sp³-hybridized carbons (Fsp3) is 0.250. The lowest BCUT2D eigenvalue weighted by molar-refractivity contribution is 1.04. The minimum Gasteiger partial charge on any atom is -0.380 e. The number of hydrogen-bond donors (Lipinski definition) is 1. The molecule has 0 aromatic heterocycles. The minimum absolute atomic E-state index is 0.705. The second-order valence-corrected chi connectivity index (χ2v) is 5.37. The van der Waals surface area contributed by atoms with E-state index in [9.17, 15) is 0 Å². The maximum absolute atomic E-state index is 6.22. The van der Waals surface area contributed by atoms with Crippen LogP contribution in [0.5, 0.6) is 0 Å². The monoisotopic (exact) mass is 293 g/mol. The molecule has 2 aromatic rings. The van der Waals surface area contributed by atoms with E-state index < -0.39 is 0 Å². The highest BCUT2D eigenvalue weighted by molar-refractivity contribution is 6.35. The lowest BCUT2D eigenvalue weighted by Crippen LogP contribution is -2.03. The van der Waals surface area contributed by atoms with Gasteiger partial charge in [-0.05, 0) is 42.2 Å². The van der Waals surface area contributed by atoms with Gasteiger partial charge in [0.1, 0.15) is 0 Å². The third kappa shape index (κ3) is 3.43. The summed E-state index contributed by atoms with van der Waals surface area (Å²) in [5.41, 5.74) is 4.51. The molecular formula is C16H17Cl2N. The molecule has 0 unspecified atom stereocenters. The van der Waals surface area contributed by atoms with E-state index in [1.807, 2.05) is 19.1 Å². The summed E-state index contributed by atoms with van der Waals surface area (Å²) in [4.78, 5) is 0. The van der Waals surface area contributed by atoms with Gasteiger partial charge in [0, 0.05) is 11.6 Å². The van der Waals surface area contributed by atoms with Crippen LogP contribution in [0.2, 0.25) is 10.0 Å². The van der Waals surface area contributed by atoms with Crippen molar-refractivity contribution in [3.05, 3.63) is 63.1 Å². The van der Waals surface area contributed by atoms with Crippen LogP contribution in [0.25, 0.3) is 0 Å². The Bertz CT molecular complexity index is 579. The van der Waals surface area contributed by atoms with Crippen molar-refractivity contribution in [3.8, 4) is 0 Å². The number of anilines is 1. The van der Waals surface area contributed by atoms with Gasteiger partial charge in [-0.15, -0.1) is 0 Å². The zero-order valence-electron chi connectivity index (χ0n) is 11.1. The summed E-state index contributed by atoms with van der Waals surface area (Å²) in [7, 11) is 0. The fourth-order valence-electron chi connectivity index (χ4n) is 2.05. The van der Waals surface area contributed by atoms with Crippen LogP contribution < -0.4 is 5.32 Å². The van der Waals surface area contributed by atoms with Gasteiger partial charge >= 0.3 is 0 Å². The molecule has 100 valence electrons. The highest BCUT2D eigenvalue weighted by atomic mass is 35.5. The summed E-state index contributed by atoms with van der Waals surface area (Å²) < 4.78 is 0. The highest BCUT2D eigenvalue weighted by Gasteiger charge is 2.05. The Hall–Kier alpha value is -1.18. The van der Waals surface area contributed by atoms with Crippen molar-refractivity contribution < 1.29 is 0 Å². The Morgan fingerprint density at radius 2 is 1.68 bits per heavy atom. The Balaban J connectivity index is 2.17. The van der Waals surface area contributed by atoms with Gasteiger partial charge in [-0.2, -0.15) is 0 Å². The summed E-state index contributed by atoms with van der Waals surface area (Å²) in [6.45, 7) is 4.86. The molecule has 0 radical (unpaired) electrons. The van der Waals surface area contributed by atoms with E-state index in [0.29, 0.717) is 5.02 Å². The van der Waals surface area contributed by atoms with Crippen LogP contribution in [0, 0.1) is 6.92 Å². The number of halogens is 2. The van der Waals surface area contributed by atoms with E-state index in [0.717, 1.165) is 29.2 Å². The Morgan fingerprint density at radius 3 is 2.37 bits per heavy atom. The number of hydrogen-bond acceptors (Lipinski definition) is 1. The molecule has 0 saturated carbocycles. The van der Waals surface area contributed by atoms with E-state index in [4.69, 9.17) is 23.2 Å². The average molecular weight is 294 g/mol. The molecular weight excluding hydrogens is 277 g/mol. The lowest BCUT2D eigenvalue weighted by atomic mass is 10.1. The van der Waals surface area contributed by atoms with E-state index in [1.165, 1.54) is 11.1 Å². The second kappa shape index (κ2) is 6.31. The van der Waals surface area contributed by atoms with Gasteiger partial charge in [0.25, 0.3) is 0 Å². The van der Waals surface area contributed by atoms with Gasteiger partial charge in [0.15, 0.2) is 0 Å². The number of rotatable bonds is 4. The van der Waals surface area contributed by atoms with E-state index in [1.54, 1.807) is 0 Å². The standard InChI is InChI=1S/C16H17Cl2N/c1-3-12-6-4-5-7-13(12)10-19-16-9-14(17)11(2)8-15(16)18/h4-9,19H,3,10H2,1-2H3. The molecule has 0 spiro atoms. The van der Waals surface area contributed by atoms with E-state index >= 15 is 0 Å². The summed E-state index contributed by atoms with van der Waals surface area (Å²) in [6.07, 6.45) is 1.03. The minimum atomic E-state index is 0.705. The van der Waals surface area contributed by atoms with E-state index in [2.05, 4.69) is 36.5 Å². The Morgan fingerprint density at radius 1 is 1.00 bits per heavy atom. The lowest BCUT2D eigenvalue weighted by Gasteiger charge is -2.12. The highest BCUT2D eigenvalue weighted by Crippen LogP contribution is 2.29. The van der Waals surface area contributed by atoms with Gasteiger partial charge in [-0.1, -0.05) is 54.4 Å². The van der Waals surface area contributed by atoms with Crippen LogP contribution in [-0.2, 0) is 13.0 Å². The van der Waals surface area contributed by atoms with Crippen molar-refractivity contribution in [1.82, 2.24) is 0 Å².